The number of hydrogen-bond acceptors (Lipinski definition) is 3. The summed E-state index contributed by atoms with van der Waals surface area (Å²) in [5.41, 5.74) is 1.36. The summed E-state index contributed by atoms with van der Waals surface area (Å²) in [6.45, 7) is 4.55. The number of rotatable bonds is 3. The van der Waals surface area contributed by atoms with Gasteiger partial charge in [-0.25, -0.2) is 0 Å². The molecular formula is C18H28N2O. The molecule has 0 radical (unpaired) electrons. The Kier molecular flexibility index (Phi) is 4.94. The fourth-order valence-electron chi connectivity index (χ4n) is 4.05. The number of aliphatic hydroxyl groups excluding tert-OH is 1. The van der Waals surface area contributed by atoms with Crippen molar-refractivity contribution in [1.82, 2.24) is 10.2 Å². The first kappa shape index (κ1) is 15.0. The minimum Gasteiger partial charge on any atom is -0.395 e. The van der Waals surface area contributed by atoms with Gasteiger partial charge in [-0.15, -0.1) is 0 Å². The van der Waals surface area contributed by atoms with Crippen LogP contribution in [0.5, 0.6) is 0 Å². The number of benzene rings is 1. The zero-order valence-corrected chi connectivity index (χ0v) is 13.0. The molecule has 4 atom stereocenters. The van der Waals surface area contributed by atoms with Crippen molar-refractivity contribution in [2.75, 3.05) is 19.7 Å². The van der Waals surface area contributed by atoms with Crippen LogP contribution in [0.15, 0.2) is 30.3 Å². The van der Waals surface area contributed by atoms with Gasteiger partial charge in [-0.3, -0.25) is 4.90 Å². The molecular weight excluding hydrogens is 260 g/mol. The van der Waals surface area contributed by atoms with Crippen molar-refractivity contribution in [2.45, 2.75) is 50.7 Å². The lowest BCUT2D eigenvalue weighted by molar-refractivity contribution is 0.0229. The van der Waals surface area contributed by atoms with Crippen LogP contribution in [0.1, 0.15) is 44.2 Å². The molecule has 1 aromatic rings. The van der Waals surface area contributed by atoms with E-state index in [2.05, 4.69) is 47.5 Å². The minimum atomic E-state index is 0.263. The van der Waals surface area contributed by atoms with Gasteiger partial charge in [-0.2, -0.15) is 0 Å². The largest absolute Gasteiger partial charge is 0.395 e. The zero-order valence-electron chi connectivity index (χ0n) is 13.0. The summed E-state index contributed by atoms with van der Waals surface area (Å²) in [6, 6.07) is 12.0. The first-order chi connectivity index (χ1) is 10.3. The van der Waals surface area contributed by atoms with Gasteiger partial charge in [0.25, 0.3) is 0 Å². The number of piperazine rings is 1. The third kappa shape index (κ3) is 3.47. The monoisotopic (exact) mass is 288 g/mol. The summed E-state index contributed by atoms with van der Waals surface area (Å²) < 4.78 is 0. The second kappa shape index (κ2) is 6.91. The van der Waals surface area contributed by atoms with E-state index in [9.17, 15) is 5.11 Å². The maximum atomic E-state index is 9.73. The summed E-state index contributed by atoms with van der Waals surface area (Å²) in [5.74, 6) is 0.827. The number of aliphatic hydroxyl groups is 1. The second-order valence-corrected chi connectivity index (χ2v) is 6.83. The average Bonchev–Trinajstić information content (AvgIpc) is 2.55. The third-order valence-electron chi connectivity index (χ3n) is 5.25. The Bertz CT molecular complexity index is 436. The predicted molar refractivity (Wildman–Crippen MR) is 86.2 cm³/mol. The van der Waals surface area contributed by atoms with E-state index in [4.69, 9.17) is 0 Å². The second-order valence-electron chi connectivity index (χ2n) is 6.83. The van der Waals surface area contributed by atoms with E-state index in [0.29, 0.717) is 12.1 Å². The Morgan fingerprint density at radius 1 is 1.24 bits per heavy atom. The lowest BCUT2D eigenvalue weighted by Gasteiger charge is -2.46. The normalized spacial score (nSPS) is 34.8. The molecule has 116 valence electrons. The molecule has 3 heteroatoms. The fourth-order valence-corrected chi connectivity index (χ4v) is 4.05. The van der Waals surface area contributed by atoms with Crippen LogP contribution in [0.25, 0.3) is 0 Å². The van der Waals surface area contributed by atoms with Gasteiger partial charge in [0.2, 0.25) is 0 Å². The molecule has 0 bridgehead atoms. The SMILES string of the molecule is CC1CCCC(N2CC(c3ccccc3)NCC2CO)C1. The molecule has 0 spiro atoms. The van der Waals surface area contributed by atoms with Crippen LogP contribution < -0.4 is 5.32 Å². The zero-order chi connectivity index (χ0) is 14.7. The van der Waals surface area contributed by atoms with Crippen molar-refractivity contribution < 1.29 is 5.11 Å². The molecule has 1 aliphatic heterocycles. The highest BCUT2D eigenvalue weighted by Gasteiger charge is 2.34. The van der Waals surface area contributed by atoms with Crippen LogP contribution in [-0.4, -0.2) is 41.8 Å². The molecule has 1 aliphatic carbocycles. The first-order valence-electron chi connectivity index (χ1n) is 8.43. The van der Waals surface area contributed by atoms with E-state index in [1.54, 1.807) is 0 Å². The molecule has 2 fully saturated rings. The fraction of sp³-hybridized carbons (Fsp3) is 0.667. The van der Waals surface area contributed by atoms with Crippen molar-refractivity contribution in [3.63, 3.8) is 0 Å². The van der Waals surface area contributed by atoms with E-state index in [0.717, 1.165) is 19.0 Å². The van der Waals surface area contributed by atoms with Crippen LogP contribution in [-0.2, 0) is 0 Å². The standard InChI is InChI=1S/C18H28N2O/c1-14-6-5-9-16(10-14)20-12-18(19-11-17(20)13-21)15-7-3-2-4-8-15/h2-4,7-8,14,16-19,21H,5-6,9-13H2,1H3. The molecule has 3 nitrogen and oxygen atoms in total. The van der Waals surface area contributed by atoms with Crippen LogP contribution in [0.4, 0.5) is 0 Å². The maximum absolute atomic E-state index is 9.73. The van der Waals surface area contributed by atoms with E-state index in [1.165, 1.54) is 31.2 Å². The number of nitrogens with zero attached hydrogens (tertiary/aromatic N) is 1. The Morgan fingerprint density at radius 2 is 2.05 bits per heavy atom. The van der Waals surface area contributed by atoms with E-state index >= 15 is 0 Å². The van der Waals surface area contributed by atoms with E-state index in [1.807, 2.05) is 0 Å². The molecule has 2 N–H and O–H groups in total. The Labute approximate surface area is 128 Å². The van der Waals surface area contributed by atoms with Crippen LogP contribution in [0, 0.1) is 5.92 Å². The van der Waals surface area contributed by atoms with Crippen molar-refractivity contribution in [3.8, 4) is 0 Å². The van der Waals surface area contributed by atoms with Gasteiger partial charge in [0.05, 0.1) is 6.61 Å². The van der Waals surface area contributed by atoms with Gasteiger partial charge in [-0.1, -0.05) is 50.1 Å². The van der Waals surface area contributed by atoms with Gasteiger partial charge in [-0.05, 0) is 24.3 Å². The van der Waals surface area contributed by atoms with Crippen molar-refractivity contribution in [1.29, 1.82) is 0 Å². The van der Waals surface area contributed by atoms with E-state index in [-0.39, 0.29) is 12.6 Å². The van der Waals surface area contributed by atoms with Gasteiger partial charge >= 0.3 is 0 Å². The quantitative estimate of drug-likeness (QED) is 0.897. The molecule has 1 heterocycles. The topological polar surface area (TPSA) is 35.5 Å². The molecule has 1 saturated heterocycles. The molecule has 4 unspecified atom stereocenters. The predicted octanol–water partition coefficient (Wildman–Crippen LogP) is 2.57. The molecule has 0 aromatic heterocycles. The van der Waals surface area contributed by atoms with Gasteiger partial charge < -0.3 is 10.4 Å². The van der Waals surface area contributed by atoms with Gasteiger partial charge in [0.1, 0.15) is 0 Å². The molecule has 21 heavy (non-hydrogen) atoms. The Hall–Kier alpha value is -0.900. The van der Waals surface area contributed by atoms with Crippen molar-refractivity contribution >= 4 is 0 Å². The Morgan fingerprint density at radius 3 is 2.76 bits per heavy atom. The Balaban J connectivity index is 1.72. The maximum Gasteiger partial charge on any atom is 0.0599 e. The summed E-state index contributed by atoms with van der Waals surface area (Å²) in [4.78, 5) is 2.59. The lowest BCUT2D eigenvalue weighted by Crippen LogP contribution is -2.58. The summed E-state index contributed by atoms with van der Waals surface area (Å²) >= 11 is 0. The smallest absolute Gasteiger partial charge is 0.0599 e. The molecule has 0 amide bonds. The van der Waals surface area contributed by atoms with Crippen molar-refractivity contribution in [3.05, 3.63) is 35.9 Å². The molecule has 3 rings (SSSR count). The summed E-state index contributed by atoms with van der Waals surface area (Å²) in [7, 11) is 0. The van der Waals surface area contributed by atoms with Gasteiger partial charge in [0, 0.05) is 31.2 Å². The number of nitrogens with one attached hydrogen (secondary N) is 1. The van der Waals surface area contributed by atoms with Crippen LogP contribution >= 0.6 is 0 Å². The summed E-state index contributed by atoms with van der Waals surface area (Å²) in [5, 5.41) is 13.3. The van der Waals surface area contributed by atoms with Gasteiger partial charge in [0.15, 0.2) is 0 Å². The molecule has 1 aromatic carbocycles. The average molecular weight is 288 g/mol. The van der Waals surface area contributed by atoms with Crippen LogP contribution in [0.2, 0.25) is 0 Å². The lowest BCUT2D eigenvalue weighted by atomic mass is 9.84. The highest BCUT2D eigenvalue weighted by Crippen LogP contribution is 2.31. The minimum absolute atomic E-state index is 0.263. The highest BCUT2D eigenvalue weighted by molar-refractivity contribution is 5.20. The van der Waals surface area contributed by atoms with Crippen molar-refractivity contribution in [2.24, 2.45) is 5.92 Å². The number of hydrogen-bond donors (Lipinski definition) is 2. The first-order valence-corrected chi connectivity index (χ1v) is 8.43. The van der Waals surface area contributed by atoms with E-state index < -0.39 is 0 Å². The molecule has 1 saturated carbocycles. The highest BCUT2D eigenvalue weighted by atomic mass is 16.3. The third-order valence-corrected chi connectivity index (χ3v) is 5.25. The molecule has 2 aliphatic rings. The summed E-state index contributed by atoms with van der Waals surface area (Å²) in [6.07, 6.45) is 5.29. The van der Waals surface area contributed by atoms with Crippen LogP contribution in [0.3, 0.4) is 0 Å².